The summed E-state index contributed by atoms with van der Waals surface area (Å²) in [5.41, 5.74) is 2.65. The molecule has 1 unspecified atom stereocenters. The summed E-state index contributed by atoms with van der Waals surface area (Å²) in [6.07, 6.45) is 1.34. The minimum absolute atomic E-state index is 0.0685. The predicted octanol–water partition coefficient (Wildman–Crippen LogP) is 5.50. The van der Waals surface area contributed by atoms with Crippen LogP contribution in [0.1, 0.15) is 42.8 Å². The Bertz CT molecular complexity index is 1190. The fourth-order valence-corrected chi connectivity index (χ4v) is 3.63. The molecule has 0 saturated heterocycles. The Morgan fingerprint density at radius 1 is 1.00 bits per heavy atom. The minimum atomic E-state index is -0.322. The number of nitrogens with one attached hydrogen (secondary N) is 1. The SMILES string of the molecule is CCOc1ccc(C(NC(=O)CCCc2nc(-c3ccc(F)cc3)no2)c2ccccc2)cc1. The molecule has 0 radical (unpaired) electrons. The highest BCUT2D eigenvalue weighted by atomic mass is 19.1. The molecule has 3 aromatic carbocycles. The second kappa shape index (κ2) is 11.2. The number of ether oxygens (including phenoxy) is 1. The van der Waals surface area contributed by atoms with Crippen LogP contribution in [0.15, 0.2) is 83.4 Å². The Hall–Kier alpha value is -4.00. The first-order chi connectivity index (χ1) is 16.6. The van der Waals surface area contributed by atoms with Crippen molar-refractivity contribution < 1.29 is 18.4 Å². The molecule has 1 atom stereocenters. The summed E-state index contributed by atoms with van der Waals surface area (Å²) in [5, 5.41) is 7.08. The van der Waals surface area contributed by atoms with Gasteiger partial charge in [-0.2, -0.15) is 4.98 Å². The van der Waals surface area contributed by atoms with E-state index in [2.05, 4.69) is 15.5 Å². The monoisotopic (exact) mass is 459 g/mol. The highest BCUT2D eigenvalue weighted by Gasteiger charge is 2.17. The van der Waals surface area contributed by atoms with Crippen molar-refractivity contribution in [2.45, 2.75) is 32.2 Å². The van der Waals surface area contributed by atoms with Crippen LogP contribution in [0.5, 0.6) is 5.75 Å². The molecule has 1 heterocycles. The van der Waals surface area contributed by atoms with Crippen LogP contribution in [0.3, 0.4) is 0 Å². The first-order valence-corrected chi connectivity index (χ1v) is 11.3. The average Bonchev–Trinajstić information content (AvgIpc) is 3.33. The van der Waals surface area contributed by atoms with Crippen molar-refractivity contribution in [1.82, 2.24) is 15.5 Å². The molecule has 0 aliphatic carbocycles. The van der Waals surface area contributed by atoms with Crippen LogP contribution in [0.2, 0.25) is 0 Å². The van der Waals surface area contributed by atoms with Gasteiger partial charge < -0.3 is 14.6 Å². The molecule has 0 spiro atoms. The van der Waals surface area contributed by atoms with E-state index in [0.717, 1.165) is 16.9 Å². The highest BCUT2D eigenvalue weighted by Crippen LogP contribution is 2.25. The van der Waals surface area contributed by atoms with Gasteiger partial charge in [0.05, 0.1) is 12.6 Å². The van der Waals surface area contributed by atoms with Crippen molar-refractivity contribution >= 4 is 5.91 Å². The van der Waals surface area contributed by atoms with Crippen LogP contribution in [0, 0.1) is 5.82 Å². The van der Waals surface area contributed by atoms with E-state index in [1.807, 2.05) is 61.5 Å². The second-order valence-corrected chi connectivity index (χ2v) is 7.79. The Labute approximate surface area is 197 Å². The van der Waals surface area contributed by atoms with E-state index in [0.29, 0.717) is 43.1 Å². The molecule has 1 amide bonds. The van der Waals surface area contributed by atoms with Gasteiger partial charge in [0.2, 0.25) is 17.6 Å². The molecule has 0 saturated carbocycles. The number of nitrogens with zero attached hydrogens (tertiary/aromatic N) is 2. The van der Waals surface area contributed by atoms with E-state index in [9.17, 15) is 9.18 Å². The first kappa shape index (κ1) is 23.2. The van der Waals surface area contributed by atoms with E-state index in [-0.39, 0.29) is 17.8 Å². The normalized spacial score (nSPS) is 11.7. The molecule has 7 heteroatoms. The van der Waals surface area contributed by atoms with Gasteiger partial charge in [-0.15, -0.1) is 0 Å². The number of aromatic nitrogens is 2. The largest absolute Gasteiger partial charge is 0.494 e. The van der Waals surface area contributed by atoms with E-state index < -0.39 is 0 Å². The lowest BCUT2D eigenvalue weighted by atomic mass is 9.98. The Morgan fingerprint density at radius 2 is 1.71 bits per heavy atom. The third kappa shape index (κ3) is 6.07. The molecule has 4 rings (SSSR count). The van der Waals surface area contributed by atoms with Crippen molar-refractivity contribution in [3.63, 3.8) is 0 Å². The molecule has 1 aromatic heterocycles. The lowest BCUT2D eigenvalue weighted by molar-refractivity contribution is -0.121. The Morgan fingerprint density at radius 3 is 2.41 bits per heavy atom. The number of aryl methyl sites for hydroxylation is 1. The van der Waals surface area contributed by atoms with Crippen molar-refractivity contribution in [1.29, 1.82) is 0 Å². The van der Waals surface area contributed by atoms with Gasteiger partial charge in [0.15, 0.2) is 0 Å². The van der Waals surface area contributed by atoms with E-state index in [1.54, 1.807) is 12.1 Å². The number of benzene rings is 3. The van der Waals surface area contributed by atoms with Gasteiger partial charge in [0.1, 0.15) is 11.6 Å². The third-order valence-electron chi connectivity index (χ3n) is 5.33. The van der Waals surface area contributed by atoms with Gasteiger partial charge in [-0.05, 0) is 60.9 Å². The lowest BCUT2D eigenvalue weighted by Crippen LogP contribution is -2.29. The molecule has 0 aliphatic heterocycles. The van der Waals surface area contributed by atoms with Gasteiger partial charge in [-0.3, -0.25) is 4.79 Å². The maximum Gasteiger partial charge on any atom is 0.226 e. The molecule has 1 N–H and O–H groups in total. The molecular weight excluding hydrogens is 433 g/mol. The maximum atomic E-state index is 13.1. The van der Waals surface area contributed by atoms with E-state index >= 15 is 0 Å². The van der Waals surface area contributed by atoms with Crippen molar-refractivity contribution in [2.75, 3.05) is 6.61 Å². The number of carbonyl (C=O) groups excluding carboxylic acids is 1. The summed E-state index contributed by atoms with van der Waals surface area (Å²) >= 11 is 0. The van der Waals surface area contributed by atoms with Gasteiger partial charge >= 0.3 is 0 Å². The summed E-state index contributed by atoms with van der Waals surface area (Å²) < 4.78 is 23.9. The number of hydrogen-bond donors (Lipinski definition) is 1. The fraction of sp³-hybridized carbons (Fsp3) is 0.222. The van der Waals surface area contributed by atoms with Gasteiger partial charge in [-0.1, -0.05) is 47.6 Å². The zero-order valence-electron chi connectivity index (χ0n) is 18.9. The topological polar surface area (TPSA) is 77.2 Å². The van der Waals surface area contributed by atoms with Crippen molar-refractivity contribution in [3.8, 4) is 17.1 Å². The zero-order valence-corrected chi connectivity index (χ0v) is 18.9. The van der Waals surface area contributed by atoms with Crippen LogP contribution in [-0.2, 0) is 11.2 Å². The molecule has 6 nitrogen and oxygen atoms in total. The van der Waals surface area contributed by atoms with Gasteiger partial charge in [0.25, 0.3) is 0 Å². The van der Waals surface area contributed by atoms with E-state index in [1.165, 1.54) is 12.1 Å². The number of hydrogen-bond acceptors (Lipinski definition) is 5. The standard InChI is InChI=1S/C27H26FN3O3/c1-2-33-23-17-13-20(14-18-23)26(19-7-4-3-5-8-19)29-24(32)9-6-10-25-30-27(31-34-25)21-11-15-22(28)16-12-21/h3-5,7-8,11-18,26H,2,6,9-10H2,1H3,(H,29,32). The first-order valence-electron chi connectivity index (χ1n) is 11.3. The highest BCUT2D eigenvalue weighted by molar-refractivity contribution is 5.77. The van der Waals surface area contributed by atoms with Crippen LogP contribution < -0.4 is 10.1 Å². The Kier molecular flexibility index (Phi) is 7.65. The summed E-state index contributed by atoms with van der Waals surface area (Å²) in [7, 11) is 0. The number of rotatable bonds is 10. The van der Waals surface area contributed by atoms with Crippen LogP contribution in [-0.4, -0.2) is 22.7 Å². The minimum Gasteiger partial charge on any atom is -0.494 e. The molecular formula is C27H26FN3O3. The number of halogens is 1. The molecule has 0 fully saturated rings. The smallest absolute Gasteiger partial charge is 0.226 e. The van der Waals surface area contributed by atoms with Crippen LogP contribution in [0.25, 0.3) is 11.4 Å². The molecule has 4 aromatic rings. The molecule has 0 aliphatic rings. The fourth-order valence-electron chi connectivity index (χ4n) is 3.63. The third-order valence-corrected chi connectivity index (χ3v) is 5.33. The maximum absolute atomic E-state index is 13.1. The summed E-state index contributed by atoms with van der Waals surface area (Å²) in [5.74, 6) is 1.25. The van der Waals surface area contributed by atoms with E-state index in [4.69, 9.17) is 9.26 Å². The molecule has 0 bridgehead atoms. The van der Waals surface area contributed by atoms with Gasteiger partial charge in [0, 0.05) is 18.4 Å². The molecule has 34 heavy (non-hydrogen) atoms. The predicted molar refractivity (Wildman–Crippen MR) is 127 cm³/mol. The van der Waals surface area contributed by atoms with Crippen molar-refractivity contribution in [3.05, 3.63) is 102 Å². The number of amides is 1. The summed E-state index contributed by atoms with van der Waals surface area (Å²) in [6.45, 7) is 2.54. The number of carbonyl (C=O) groups is 1. The Balaban J connectivity index is 1.36. The van der Waals surface area contributed by atoms with Crippen molar-refractivity contribution in [2.24, 2.45) is 0 Å². The second-order valence-electron chi connectivity index (χ2n) is 7.79. The molecule has 174 valence electrons. The zero-order chi connectivity index (χ0) is 23.8. The summed E-state index contributed by atoms with van der Waals surface area (Å²) in [6, 6.07) is 23.3. The quantitative estimate of drug-likeness (QED) is 0.339. The van der Waals surface area contributed by atoms with Crippen LogP contribution in [0.4, 0.5) is 4.39 Å². The summed E-state index contributed by atoms with van der Waals surface area (Å²) in [4.78, 5) is 17.1. The van der Waals surface area contributed by atoms with Crippen LogP contribution >= 0.6 is 0 Å². The average molecular weight is 460 g/mol. The van der Waals surface area contributed by atoms with Gasteiger partial charge in [-0.25, -0.2) is 4.39 Å². The lowest BCUT2D eigenvalue weighted by Gasteiger charge is -2.20.